The molecule has 1 saturated carbocycles. The van der Waals surface area contributed by atoms with Crippen molar-refractivity contribution in [1.82, 2.24) is 10.2 Å². The first-order valence-electron chi connectivity index (χ1n) is 13.3. The minimum atomic E-state index is -0.777. The first-order chi connectivity index (χ1) is 18.9. The molecule has 1 N–H and O–H groups in total. The third-order valence-electron chi connectivity index (χ3n) is 7.02. The highest BCUT2D eigenvalue weighted by Gasteiger charge is 2.32. The highest BCUT2D eigenvalue weighted by molar-refractivity contribution is 7.99. The van der Waals surface area contributed by atoms with Crippen LogP contribution < -0.4 is 5.32 Å². The van der Waals surface area contributed by atoms with Crippen molar-refractivity contribution in [2.45, 2.75) is 62.9 Å². The van der Waals surface area contributed by atoms with E-state index in [9.17, 15) is 14.0 Å². The molecule has 4 nitrogen and oxygen atoms in total. The maximum absolute atomic E-state index is 14.8. The Labute approximate surface area is 244 Å². The van der Waals surface area contributed by atoms with Crippen LogP contribution in [-0.2, 0) is 28.3 Å². The van der Waals surface area contributed by atoms with Crippen LogP contribution in [0.2, 0.25) is 10.0 Å². The molecule has 1 aliphatic rings. The van der Waals surface area contributed by atoms with Crippen LogP contribution >= 0.6 is 35.0 Å². The van der Waals surface area contributed by atoms with Gasteiger partial charge >= 0.3 is 0 Å². The lowest BCUT2D eigenvalue weighted by Crippen LogP contribution is -2.53. The zero-order valence-electron chi connectivity index (χ0n) is 21.8. The topological polar surface area (TPSA) is 49.4 Å². The third kappa shape index (κ3) is 8.72. The van der Waals surface area contributed by atoms with Crippen LogP contribution in [0.4, 0.5) is 4.39 Å². The predicted molar refractivity (Wildman–Crippen MR) is 159 cm³/mol. The molecule has 39 heavy (non-hydrogen) atoms. The molecule has 3 aromatic carbocycles. The summed E-state index contributed by atoms with van der Waals surface area (Å²) in [6.07, 6.45) is 5.54. The van der Waals surface area contributed by atoms with Crippen molar-refractivity contribution in [1.29, 1.82) is 0 Å². The molecule has 3 aromatic rings. The van der Waals surface area contributed by atoms with Crippen molar-refractivity contribution in [3.8, 4) is 0 Å². The van der Waals surface area contributed by atoms with Gasteiger partial charge in [-0.2, -0.15) is 0 Å². The molecule has 4 rings (SSSR count). The number of carbonyl (C=O) groups is 2. The molecular weight excluding hydrogens is 554 g/mol. The number of amides is 2. The summed E-state index contributed by atoms with van der Waals surface area (Å²) in [5, 5.41) is 4.30. The second-order valence-corrected chi connectivity index (χ2v) is 11.7. The molecule has 0 spiro atoms. The Balaban J connectivity index is 1.57. The van der Waals surface area contributed by atoms with E-state index < -0.39 is 11.9 Å². The summed E-state index contributed by atoms with van der Waals surface area (Å²) >= 11 is 13.7. The molecule has 0 radical (unpaired) electrons. The number of thioether (sulfide) groups is 1. The molecule has 1 fully saturated rings. The predicted octanol–water partition coefficient (Wildman–Crippen LogP) is 7.45. The van der Waals surface area contributed by atoms with Crippen molar-refractivity contribution in [3.05, 3.63) is 105 Å². The van der Waals surface area contributed by atoms with Crippen LogP contribution in [0, 0.1) is 5.82 Å². The van der Waals surface area contributed by atoms with Gasteiger partial charge in [-0.1, -0.05) is 97.1 Å². The molecule has 0 bridgehead atoms. The molecular formula is C31H33Cl2FN2O2S. The SMILES string of the molecule is O=C(NC1CCCCC1)[C@H](Cc1ccccc1)N(Cc1ccccc1F)C(=O)CSCc1ccc(Cl)cc1Cl. The zero-order chi connectivity index (χ0) is 27.6. The minimum absolute atomic E-state index is 0.00333. The average molecular weight is 588 g/mol. The van der Waals surface area contributed by atoms with Gasteiger partial charge in [-0.05, 0) is 42.2 Å². The molecule has 8 heteroatoms. The van der Waals surface area contributed by atoms with Gasteiger partial charge in [-0.3, -0.25) is 9.59 Å². The molecule has 206 valence electrons. The van der Waals surface area contributed by atoms with Crippen molar-refractivity contribution in [2.75, 3.05) is 5.75 Å². The maximum atomic E-state index is 14.8. The second-order valence-electron chi connectivity index (χ2n) is 9.89. The number of rotatable bonds is 11. The number of nitrogens with one attached hydrogen (secondary N) is 1. The average Bonchev–Trinajstić information content (AvgIpc) is 2.94. The van der Waals surface area contributed by atoms with Crippen LogP contribution in [-0.4, -0.2) is 34.6 Å². The number of hydrogen-bond acceptors (Lipinski definition) is 3. The Kier molecular flexibility index (Phi) is 11.1. The van der Waals surface area contributed by atoms with Gasteiger partial charge in [-0.15, -0.1) is 11.8 Å². The van der Waals surface area contributed by atoms with Gasteiger partial charge in [0.05, 0.1) is 5.75 Å². The molecule has 2 amide bonds. The lowest BCUT2D eigenvalue weighted by atomic mass is 9.94. The fourth-order valence-corrected chi connectivity index (χ4v) is 6.35. The van der Waals surface area contributed by atoms with E-state index in [4.69, 9.17) is 23.2 Å². The van der Waals surface area contributed by atoms with E-state index in [1.54, 1.807) is 35.2 Å². The summed E-state index contributed by atoms with van der Waals surface area (Å²) in [6, 6.07) is 20.7. The summed E-state index contributed by atoms with van der Waals surface area (Å²) < 4.78 is 14.8. The van der Waals surface area contributed by atoms with E-state index in [-0.39, 0.29) is 30.2 Å². The van der Waals surface area contributed by atoms with Crippen LogP contribution in [0.1, 0.15) is 48.8 Å². The monoisotopic (exact) mass is 586 g/mol. The van der Waals surface area contributed by atoms with E-state index in [0.717, 1.165) is 36.8 Å². The normalized spacial score (nSPS) is 14.5. The van der Waals surface area contributed by atoms with Crippen molar-refractivity contribution >= 4 is 46.8 Å². The summed E-state index contributed by atoms with van der Waals surface area (Å²) in [4.78, 5) is 29.1. The first-order valence-corrected chi connectivity index (χ1v) is 15.2. The number of halogens is 3. The number of benzene rings is 3. The Morgan fingerprint density at radius 3 is 2.38 bits per heavy atom. The third-order valence-corrected chi connectivity index (χ3v) is 8.57. The second kappa shape index (κ2) is 14.7. The number of carbonyl (C=O) groups excluding carboxylic acids is 2. The zero-order valence-corrected chi connectivity index (χ0v) is 24.1. The molecule has 0 unspecified atom stereocenters. The molecule has 0 aromatic heterocycles. The van der Waals surface area contributed by atoms with Crippen LogP contribution in [0.3, 0.4) is 0 Å². The van der Waals surface area contributed by atoms with Crippen molar-refractivity contribution in [2.24, 2.45) is 0 Å². The fraction of sp³-hybridized carbons (Fsp3) is 0.355. The van der Waals surface area contributed by atoms with E-state index in [1.807, 2.05) is 36.4 Å². The summed E-state index contributed by atoms with van der Waals surface area (Å²) in [5.74, 6) is -0.196. The van der Waals surface area contributed by atoms with Gasteiger partial charge in [0.2, 0.25) is 11.8 Å². The first kappa shape index (κ1) is 29.4. The van der Waals surface area contributed by atoms with Crippen LogP contribution in [0.5, 0.6) is 0 Å². The Morgan fingerprint density at radius 2 is 1.67 bits per heavy atom. The highest BCUT2D eigenvalue weighted by atomic mass is 35.5. The van der Waals surface area contributed by atoms with Crippen molar-refractivity contribution < 1.29 is 14.0 Å². The van der Waals surface area contributed by atoms with Gasteiger partial charge in [0.1, 0.15) is 11.9 Å². The Hall–Kier alpha value is -2.54. The van der Waals surface area contributed by atoms with Gasteiger partial charge in [0.25, 0.3) is 0 Å². The lowest BCUT2D eigenvalue weighted by Gasteiger charge is -2.33. The van der Waals surface area contributed by atoms with Gasteiger partial charge in [0, 0.05) is 40.4 Å². The van der Waals surface area contributed by atoms with E-state index >= 15 is 0 Å². The molecule has 0 aliphatic heterocycles. The van der Waals surface area contributed by atoms with Crippen molar-refractivity contribution in [3.63, 3.8) is 0 Å². The van der Waals surface area contributed by atoms with E-state index in [2.05, 4.69) is 5.32 Å². The van der Waals surface area contributed by atoms with Crippen LogP contribution in [0.25, 0.3) is 0 Å². The van der Waals surface area contributed by atoms with Gasteiger partial charge in [0.15, 0.2) is 0 Å². The largest absolute Gasteiger partial charge is 0.352 e. The van der Waals surface area contributed by atoms with Crippen LogP contribution in [0.15, 0.2) is 72.8 Å². The molecule has 1 atom stereocenters. The van der Waals surface area contributed by atoms with E-state index in [0.29, 0.717) is 27.8 Å². The molecule has 0 heterocycles. The Bertz CT molecular complexity index is 1250. The Morgan fingerprint density at radius 1 is 0.949 bits per heavy atom. The summed E-state index contributed by atoms with van der Waals surface area (Å²) in [7, 11) is 0. The minimum Gasteiger partial charge on any atom is -0.352 e. The maximum Gasteiger partial charge on any atom is 0.243 e. The quantitative estimate of drug-likeness (QED) is 0.254. The van der Waals surface area contributed by atoms with Gasteiger partial charge in [-0.25, -0.2) is 4.39 Å². The van der Waals surface area contributed by atoms with Gasteiger partial charge < -0.3 is 10.2 Å². The smallest absolute Gasteiger partial charge is 0.243 e. The lowest BCUT2D eigenvalue weighted by molar-refractivity contribution is -0.139. The fourth-order valence-electron chi connectivity index (χ4n) is 4.88. The standard InChI is InChI=1S/C31H33Cl2FN2O2S/c32-25-16-15-24(27(33)18-25)20-39-21-30(37)36(19-23-11-7-8-14-28(23)34)29(17-22-9-3-1-4-10-22)31(38)35-26-12-5-2-6-13-26/h1,3-4,7-11,14-16,18,26,29H,2,5-6,12-13,17,19-21H2,(H,35,38)/t29-/m0/s1. The number of hydrogen-bond donors (Lipinski definition) is 1. The highest BCUT2D eigenvalue weighted by Crippen LogP contribution is 2.26. The molecule has 1 aliphatic carbocycles. The molecule has 0 saturated heterocycles. The summed E-state index contributed by atoms with van der Waals surface area (Å²) in [5.41, 5.74) is 2.18. The summed E-state index contributed by atoms with van der Waals surface area (Å²) in [6.45, 7) is 0.00333. The van der Waals surface area contributed by atoms with E-state index in [1.165, 1.54) is 24.2 Å². The number of nitrogens with zero attached hydrogens (tertiary/aromatic N) is 1.